The zero-order valence-electron chi connectivity index (χ0n) is 14.1. The summed E-state index contributed by atoms with van der Waals surface area (Å²) in [7, 11) is 0. The summed E-state index contributed by atoms with van der Waals surface area (Å²) < 4.78 is 58.7. The van der Waals surface area contributed by atoms with Crippen molar-refractivity contribution in [3.63, 3.8) is 0 Å². The van der Waals surface area contributed by atoms with E-state index in [2.05, 4.69) is 10.4 Å². The Balaban J connectivity index is 0.00000261. The molecule has 1 fully saturated rings. The molecule has 3 rings (SSSR count). The van der Waals surface area contributed by atoms with E-state index in [1.54, 1.807) is 0 Å². The first-order valence-electron chi connectivity index (χ1n) is 8.20. The summed E-state index contributed by atoms with van der Waals surface area (Å²) in [5.41, 5.74) is 3.97. The van der Waals surface area contributed by atoms with E-state index in [9.17, 15) is 22.4 Å². The van der Waals surface area contributed by atoms with Crippen molar-refractivity contribution in [2.75, 3.05) is 11.9 Å². The summed E-state index contributed by atoms with van der Waals surface area (Å²) in [5.74, 6) is -2.47. The zero-order chi connectivity index (χ0) is 18.9. The Labute approximate surface area is 157 Å². The smallest absolute Gasteiger partial charge is 0.388 e. The first-order chi connectivity index (χ1) is 12.2. The van der Waals surface area contributed by atoms with Crippen molar-refractivity contribution in [1.82, 2.24) is 10.2 Å². The maximum absolute atomic E-state index is 14.2. The van der Waals surface area contributed by atoms with Crippen molar-refractivity contribution < 1.29 is 22.0 Å². The van der Waals surface area contributed by atoms with Gasteiger partial charge in [0.2, 0.25) is 5.89 Å². The van der Waals surface area contributed by atoms with E-state index in [1.807, 2.05) is 5.10 Å². The second-order valence-corrected chi connectivity index (χ2v) is 6.46. The van der Waals surface area contributed by atoms with E-state index in [1.165, 1.54) is 0 Å². The Morgan fingerprint density at radius 3 is 2.48 bits per heavy atom. The van der Waals surface area contributed by atoms with Crippen LogP contribution in [0.25, 0.3) is 11.5 Å². The lowest BCUT2D eigenvalue weighted by molar-refractivity contribution is -0.139. The number of hydrogen-bond acceptors (Lipinski definition) is 5. The molecule has 0 aliphatic heterocycles. The van der Waals surface area contributed by atoms with Gasteiger partial charge in [-0.3, -0.25) is 0 Å². The molecule has 1 aliphatic carbocycles. The number of halogens is 5. The van der Waals surface area contributed by atoms with E-state index >= 15 is 0 Å². The normalized spacial score (nSPS) is 20.2. The minimum absolute atomic E-state index is 0. The number of hydrogen-bond donors (Lipinski definition) is 3. The average Bonchev–Trinajstić information content (AvgIpc) is 2.99. The average molecular weight is 411 g/mol. The molecule has 150 valence electrons. The fourth-order valence-electron chi connectivity index (χ4n) is 3.16. The molecule has 1 saturated carbocycles. The molecule has 4 N–H and O–H groups in total. The number of nitrogens with two attached hydrogens (primary N) is 1. The highest BCUT2D eigenvalue weighted by molar-refractivity contribution is 5.85. The van der Waals surface area contributed by atoms with Crippen LogP contribution in [-0.4, -0.2) is 22.8 Å². The summed E-state index contributed by atoms with van der Waals surface area (Å²) in [4.78, 5) is 11.0. The van der Waals surface area contributed by atoms with Gasteiger partial charge in [-0.15, -0.1) is 17.5 Å². The van der Waals surface area contributed by atoms with Gasteiger partial charge in [0.1, 0.15) is 11.4 Å². The van der Waals surface area contributed by atoms with Crippen LogP contribution < -0.4 is 16.8 Å². The molecule has 1 heterocycles. The van der Waals surface area contributed by atoms with Crippen molar-refractivity contribution in [3.05, 3.63) is 34.1 Å². The van der Waals surface area contributed by atoms with E-state index < -0.39 is 29.0 Å². The zero-order valence-corrected chi connectivity index (χ0v) is 14.9. The number of nitrogens with zero attached hydrogens (tertiary/aromatic N) is 1. The van der Waals surface area contributed by atoms with Gasteiger partial charge in [0, 0.05) is 18.2 Å². The number of aromatic nitrogens is 2. The van der Waals surface area contributed by atoms with Crippen molar-refractivity contribution in [2.24, 2.45) is 11.7 Å². The Morgan fingerprint density at radius 2 is 1.93 bits per heavy atom. The number of H-pyrrole nitrogens is 1. The van der Waals surface area contributed by atoms with Crippen molar-refractivity contribution in [1.29, 1.82) is 0 Å². The molecule has 2 aromatic rings. The fraction of sp³-hybridized carbons (Fsp3) is 0.500. The van der Waals surface area contributed by atoms with Gasteiger partial charge in [0.05, 0.1) is 5.69 Å². The number of nitrogens with one attached hydrogen (secondary N) is 2. The number of aromatic amines is 1. The molecule has 11 heteroatoms. The summed E-state index contributed by atoms with van der Waals surface area (Å²) in [6, 6.07) is 1.85. The monoisotopic (exact) mass is 410 g/mol. The van der Waals surface area contributed by atoms with E-state index in [-0.39, 0.29) is 42.4 Å². The number of alkyl halides is 3. The third-order valence-electron chi connectivity index (χ3n) is 4.53. The Kier molecular flexibility index (Phi) is 6.53. The predicted molar refractivity (Wildman–Crippen MR) is 93.2 cm³/mol. The van der Waals surface area contributed by atoms with Crippen molar-refractivity contribution in [2.45, 2.75) is 37.9 Å². The lowest BCUT2D eigenvalue weighted by atomic mass is 9.86. The van der Waals surface area contributed by atoms with Crippen LogP contribution in [0, 0.1) is 11.7 Å². The lowest BCUT2D eigenvalue weighted by Crippen LogP contribution is -2.29. The van der Waals surface area contributed by atoms with E-state index in [0.29, 0.717) is 6.07 Å². The molecular weight excluding hydrogens is 392 g/mol. The van der Waals surface area contributed by atoms with E-state index in [4.69, 9.17) is 10.2 Å². The largest absolute Gasteiger partial charge is 0.434 e. The Hall–Kier alpha value is -2.07. The quantitative estimate of drug-likeness (QED) is 0.670. The van der Waals surface area contributed by atoms with Crippen LogP contribution in [0.2, 0.25) is 0 Å². The van der Waals surface area contributed by atoms with Gasteiger partial charge in [0.25, 0.3) is 0 Å². The third-order valence-corrected chi connectivity index (χ3v) is 4.53. The summed E-state index contributed by atoms with van der Waals surface area (Å²) in [6.45, 7) is 0.267. The maximum atomic E-state index is 14.2. The first-order valence-corrected chi connectivity index (χ1v) is 8.20. The van der Waals surface area contributed by atoms with Crippen molar-refractivity contribution in [3.8, 4) is 11.5 Å². The molecule has 1 aromatic carbocycles. The highest BCUT2D eigenvalue weighted by Crippen LogP contribution is 2.39. The van der Waals surface area contributed by atoms with Crippen LogP contribution in [0.4, 0.5) is 23.2 Å². The Bertz CT molecular complexity index is 829. The maximum Gasteiger partial charge on any atom is 0.434 e. The van der Waals surface area contributed by atoms with Crippen molar-refractivity contribution >= 4 is 18.1 Å². The van der Waals surface area contributed by atoms with E-state index in [0.717, 1.165) is 31.7 Å². The number of rotatable bonds is 4. The van der Waals surface area contributed by atoms with Crippen LogP contribution in [-0.2, 0) is 6.18 Å². The van der Waals surface area contributed by atoms with Crippen LogP contribution in [0.1, 0.15) is 31.2 Å². The molecule has 1 aliphatic rings. The fourth-order valence-corrected chi connectivity index (χ4v) is 3.16. The van der Waals surface area contributed by atoms with Gasteiger partial charge in [-0.25, -0.2) is 14.3 Å². The molecule has 0 bridgehead atoms. The Morgan fingerprint density at radius 1 is 1.26 bits per heavy atom. The topological polar surface area (TPSA) is 96.9 Å². The lowest BCUT2D eigenvalue weighted by Gasteiger charge is -2.27. The van der Waals surface area contributed by atoms with Gasteiger partial charge in [-0.2, -0.15) is 13.2 Å². The number of benzene rings is 1. The second kappa shape index (κ2) is 8.30. The summed E-state index contributed by atoms with van der Waals surface area (Å²) >= 11 is 0. The molecule has 0 atom stereocenters. The van der Waals surface area contributed by atoms with Crippen LogP contribution >= 0.6 is 12.4 Å². The second-order valence-electron chi connectivity index (χ2n) is 6.46. The molecule has 0 unspecified atom stereocenters. The SMILES string of the molecule is Cl.NC1CCC(CNc2cc(-c3n[nH]c(=O)o3)cc(F)c2C(F)(F)F)CC1. The molecule has 0 amide bonds. The van der Waals surface area contributed by atoms with Crippen LogP contribution in [0.3, 0.4) is 0 Å². The summed E-state index contributed by atoms with van der Waals surface area (Å²) in [6.07, 6.45) is -1.65. The first kappa shape index (κ1) is 21.2. The molecule has 27 heavy (non-hydrogen) atoms. The molecular formula is C16H19ClF4N4O2. The van der Waals surface area contributed by atoms with Crippen LogP contribution in [0.15, 0.2) is 21.3 Å². The van der Waals surface area contributed by atoms with Gasteiger partial charge in [-0.1, -0.05) is 0 Å². The standard InChI is InChI=1S/C16H18F4N4O2.ClH/c17-11-5-9(14-23-24-15(25)26-14)6-12(13(11)16(18,19)20)22-7-8-1-3-10(21)4-2-8;/h5-6,8,10,22H,1-4,7,21H2,(H,24,25);1H. The highest BCUT2D eigenvalue weighted by atomic mass is 35.5. The molecule has 0 spiro atoms. The molecule has 1 aromatic heterocycles. The number of anilines is 1. The molecule has 0 radical (unpaired) electrons. The summed E-state index contributed by atoms with van der Waals surface area (Å²) in [5, 5.41) is 8.22. The predicted octanol–water partition coefficient (Wildman–Crippen LogP) is 3.54. The van der Waals surface area contributed by atoms with Gasteiger partial charge in [-0.05, 0) is 43.7 Å². The highest BCUT2D eigenvalue weighted by Gasteiger charge is 2.38. The minimum atomic E-state index is -4.87. The van der Waals surface area contributed by atoms with Crippen LogP contribution in [0.5, 0.6) is 0 Å². The van der Waals surface area contributed by atoms with Gasteiger partial charge >= 0.3 is 11.9 Å². The minimum Gasteiger partial charge on any atom is -0.388 e. The molecule has 0 saturated heterocycles. The molecule has 6 nitrogen and oxygen atoms in total. The third kappa shape index (κ3) is 5.01. The van der Waals surface area contributed by atoms with Gasteiger partial charge < -0.3 is 15.5 Å². The van der Waals surface area contributed by atoms with Gasteiger partial charge in [0.15, 0.2) is 0 Å².